The van der Waals surface area contributed by atoms with Crippen LogP contribution >= 0.6 is 0 Å². The molecule has 0 amide bonds. The van der Waals surface area contributed by atoms with Gasteiger partial charge >= 0.3 is 5.69 Å². The van der Waals surface area contributed by atoms with E-state index < -0.39 is 11.2 Å². The van der Waals surface area contributed by atoms with Gasteiger partial charge in [0, 0.05) is 13.6 Å². The predicted molar refractivity (Wildman–Crippen MR) is 126 cm³/mol. The Kier molecular flexibility index (Phi) is 5.98. The number of nitrogens with zero attached hydrogens (tertiary/aromatic N) is 5. The number of aromatic nitrogens is 6. The van der Waals surface area contributed by atoms with E-state index in [4.69, 9.17) is 0 Å². The Labute approximate surface area is 185 Å². The van der Waals surface area contributed by atoms with Crippen LogP contribution in [0.4, 0.5) is 5.69 Å². The Morgan fingerprint density at radius 3 is 2.66 bits per heavy atom. The molecule has 9 heteroatoms. The van der Waals surface area contributed by atoms with Crippen molar-refractivity contribution in [3.05, 3.63) is 68.4 Å². The second-order valence-corrected chi connectivity index (χ2v) is 7.93. The van der Waals surface area contributed by atoms with Gasteiger partial charge in [0.2, 0.25) is 0 Å². The van der Waals surface area contributed by atoms with Gasteiger partial charge in [-0.3, -0.25) is 14.3 Å². The number of nitrogens with one attached hydrogen (secondary N) is 2. The molecule has 1 aromatic carbocycles. The quantitative estimate of drug-likeness (QED) is 0.443. The number of unbranched alkanes of at least 4 members (excludes halogenated alkanes) is 1. The van der Waals surface area contributed by atoms with E-state index in [1.54, 1.807) is 16.2 Å². The Balaban J connectivity index is 1.68. The number of aryl methyl sites for hydroxylation is 3. The summed E-state index contributed by atoms with van der Waals surface area (Å²) in [4.78, 5) is 31.9. The van der Waals surface area contributed by atoms with Crippen molar-refractivity contribution in [1.82, 2.24) is 28.9 Å². The number of anilines is 1. The number of hydrogen-bond donors (Lipinski definition) is 2. The van der Waals surface area contributed by atoms with Crippen molar-refractivity contribution in [2.45, 2.75) is 53.1 Å². The summed E-state index contributed by atoms with van der Waals surface area (Å²) < 4.78 is 5.26. The molecule has 9 nitrogen and oxygen atoms in total. The number of fused-ring (bicyclic) bond motifs is 1. The van der Waals surface area contributed by atoms with Crippen molar-refractivity contribution >= 4 is 16.9 Å². The van der Waals surface area contributed by atoms with E-state index in [2.05, 4.69) is 53.3 Å². The highest BCUT2D eigenvalue weighted by Crippen LogP contribution is 2.23. The zero-order valence-corrected chi connectivity index (χ0v) is 19.0. The molecule has 0 aliphatic rings. The van der Waals surface area contributed by atoms with Crippen molar-refractivity contribution in [3.63, 3.8) is 0 Å². The van der Waals surface area contributed by atoms with E-state index >= 15 is 0 Å². The Morgan fingerprint density at radius 1 is 1.16 bits per heavy atom. The summed E-state index contributed by atoms with van der Waals surface area (Å²) in [5.41, 5.74) is 4.18. The van der Waals surface area contributed by atoms with Crippen molar-refractivity contribution < 1.29 is 0 Å². The molecule has 3 aromatic heterocycles. The molecule has 0 saturated heterocycles. The number of para-hydroxylation sites is 1. The number of benzene rings is 1. The van der Waals surface area contributed by atoms with Gasteiger partial charge in [0.15, 0.2) is 11.2 Å². The summed E-state index contributed by atoms with van der Waals surface area (Å²) in [6, 6.07) is 8.14. The first kappa shape index (κ1) is 21.6. The highest BCUT2D eigenvalue weighted by atomic mass is 16.2. The first-order chi connectivity index (χ1) is 15.5. The minimum absolute atomic E-state index is 0.402. The molecule has 0 bridgehead atoms. The SMILES string of the molecule is CCCCn1c(=O)[nH]c(=O)c2c1nc(CNc1cnn(-c3ccccc3C)c1CC)n2C. The van der Waals surface area contributed by atoms with Gasteiger partial charge in [-0.25, -0.2) is 14.5 Å². The van der Waals surface area contributed by atoms with Crippen LogP contribution in [0, 0.1) is 6.92 Å². The van der Waals surface area contributed by atoms with Crippen molar-refractivity contribution in [3.8, 4) is 5.69 Å². The molecule has 0 aliphatic heterocycles. The molecule has 0 fully saturated rings. The normalized spacial score (nSPS) is 11.4. The molecule has 0 unspecified atom stereocenters. The lowest BCUT2D eigenvalue weighted by Crippen LogP contribution is -2.31. The molecule has 0 radical (unpaired) electrons. The number of aromatic amines is 1. The fraction of sp³-hybridized carbons (Fsp3) is 0.391. The number of rotatable bonds is 8. The lowest BCUT2D eigenvalue weighted by molar-refractivity contribution is 0.613. The van der Waals surface area contributed by atoms with Gasteiger partial charge in [0.25, 0.3) is 5.56 Å². The predicted octanol–water partition coefficient (Wildman–Crippen LogP) is 2.89. The standard InChI is InChI=1S/C23H29N7O2/c1-5-7-12-29-21-20(22(31)27-23(29)32)28(4)19(26-21)14-24-16-13-25-30(17(16)6-2)18-11-9-8-10-15(18)3/h8-11,13,24H,5-7,12,14H2,1-4H3,(H,27,31,32). The van der Waals surface area contributed by atoms with Crippen molar-refractivity contribution in [2.75, 3.05) is 5.32 Å². The maximum absolute atomic E-state index is 12.5. The number of imidazole rings is 1. The number of hydrogen-bond acceptors (Lipinski definition) is 5. The zero-order chi connectivity index (χ0) is 22.8. The average molecular weight is 436 g/mol. The summed E-state index contributed by atoms with van der Waals surface area (Å²) in [5, 5.41) is 8.02. The van der Waals surface area contributed by atoms with Gasteiger partial charge in [-0.2, -0.15) is 5.10 Å². The fourth-order valence-electron chi connectivity index (χ4n) is 4.02. The molecule has 2 N–H and O–H groups in total. The molecular formula is C23H29N7O2. The van der Waals surface area contributed by atoms with Crippen molar-refractivity contribution in [2.24, 2.45) is 7.05 Å². The minimum atomic E-state index is -0.416. The van der Waals surface area contributed by atoms with Crippen LogP contribution in [0.3, 0.4) is 0 Å². The third-order valence-corrected chi connectivity index (χ3v) is 5.83. The average Bonchev–Trinajstić information content (AvgIpc) is 3.33. The molecule has 4 rings (SSSR count). The van der Waals surface area contributed by atoms with Crippen LogP contribution in [0.1, 0.15) is 43.8 Å². The zero-order valence-electron chi connectivity index (χ0n) is 19.0. The molecule has 4 aromatic rings. The van der Waals surface area contributed by atoms with Crippen LogP contribution in [0.5, 0.6) is 0 Å². The van der Waals surface area contributed by atoms with Crippen LogP contribution < -0.4 is 16.6 Å². The molecular weight excluding hydrogens is 406 g/mol. The molecule has 168 valence electrons. The Hall–Kier alpha value is -3.62. The molecule has 0 spiro atoms. The van der Waals surface area contributed by atoms with E-state index in [0.29, 0.717) is 30.1 Å². The van der Waals surface area contributed by atoms with Gasteiger partial charge in [-0.1, -0.05) is 38.5 Å². The highest BCUT2D eigenvalue weighted by molar-refractivity contribution is 5.71. The summed E-state index contributed by atoms with van der Waals surface area (Å²) >= 11 is 0. The first-order valence-corrected chi connectivity index (χ1v) is 11.0. The highest BCUT2D eigenvalue weighted by Gasteiger charge is 2.17. The minimum Gasteiger partial charge on any atom is -0.375 e. The van der Waals surface area contributed by atoms with E-state index in [1.807, 2.05) is 23.0 Å². The fourth-order valence-corrected chi connectivity index (χ4v) is 4.02. The van der Waals surface area contributed by atoms with E-state index in [9.17, 15) is 9.59 Å². The largest absolute Gasteiger partial charge is 0.375 e. The maximum atomic E-state index is 12.5. The van der Waals surface area contributed by atoms with Gasteiger partial charge < -0.3 is 9.88 Å². The van der Waals surface area contributed by atoms with Crippen LogP contribution in [-0.2, 0) is 26.6 Å². The monoisotopic (exact) mass is 435 g/mol. The van der Waals surface area contributed by atoms with Crippen LogP contribution in [0.25, 0.3) is 16.9 Å². The second kappa shape index (κ2) is 8.86. The first-order valence-electron chi connectivity index (χ1n) is 11.0. The Bertz CT molecular complexity index is 1370. The molecule has 0 aliphatic carbocycles. The van der Waals surface area contributed by atoms with E-state index in [0.717, 1.165) is 41.9 Å². The Morgan fingerprint density at radius 2 is 1.94 bits per heavy atom. The van der Waals surface area contributed by atoms with Crippen LogP contribution in [-0.4, -0.2) is 28.9 Å². The van der Waals surface area contributed by atoms with Gasteiger partial charge in [-0.05, 0) is 31.4 Å². The molecule has 0 atom stereocenters. The molecule has 0 saturated carbocycles. The van der Waals surface area contributed by atoms with Crippen LogP contribution in [0.2, 0.25) is 0 Å². The van der Waals surface area contributed by atoms with Gasteiger partial charge in [-0.15, -0.1) is 0 Å². The van der Waals surface area contributed by atoms with E-state index in [1.165, 1.54) is 0 Å². The molecule has 32 heavy (non-hydrogen) atoms. The van der Waals surface area contributed by atoms with E-state index in [-0.39, 0.29) is 0 Å². The van der Waals surface area contributed by atoms with Gasteiger partial charge in [0.1, 0.15) is 5.82 Å². The molecule has 3 heterocycles. The number of H-pyrrole nitrogens is 1. The summed E-state index contributed by atoms with van der Waals surface area (Å²) in [6.07, 6.45) is 4.40. The topological polar surface area (TPSA) is 103 Å². The van der Waals surface area contributed by atoms with Crippen molar-refractivity contribution in [1.29, 1.82) is 0 Å². The summed E-state index contributed by atoms with van der Waals surface area (Å²) in [5.74, 6) is 0.673. The third-order valence-electron chi connectivity index (χ3n) is 5.83. The summed E-state index contributed by atoms with van der Waals surface area (Å²) in [7, 11) is 1.80. The van der Waals surface area contributed by atoms with Crippen LogP contribution in [0.15, 0.2) is 40.1 Å². The second-order valence-electron chi connectivity index (χ2n) is 7.93. The summed E-state index contributed by atoms with van der Waals surface area (Å²) in [6.45, 7) is 7.15. The van der Waals surface area contributed by atoms with Gasteiger partial charge in [0.05, 0.1) is 29.8 Å². The third kappa shape index (κ3) is 3.74. The smallest absolute Gasteiger partial charge is 0.330 e. The lowest BCUT2D eigenvalue weighted by Gasteiger charge is -2.11. The maximum Gasteiger partial charge on any atom is 0.330 e. The lowest BCUT2D eigenvalue weighted by atomic mass is 10.2.